The third-order valence-corrected chi connectivity index (χ3v) is 3.60. The zero-order chi connectivity index (χ0) is 9.64. The molecule has 1 fully saturated rings. The molecule has 0 bridgehead atoms. The van der Waals surface area contributed by atoms with E-state index in [-0.39, 0.29) is 5.54 Å². The second kappa shape index (κ2) is 2.97. The van der Waals surface area contributed by atoms with Gasteiger partial charge in [-0.15, -0.1) is 0 Å². The molecule has 3 heteroatoms. The van der Waals surface area contributed by atoms with Crippen molar-refractivity contribution in [3.05, 3.63) is 33.3 Å². The topological polar surface area (TPSA) is 26.0 Å². The largest absolute Gasteiger partial charge is 0.321 e. The molecule has 2 rings (SSSR count). The highest BCUT2D eigenvalue weighted by Crippen LogP contribution is 2.51. The van der Waals surface area contributed by atoms with E-state index in [1.54, 1.807) is 0 Å². The van der Waals surface area contributed by atoms with Gasteiger partial charge in [0.1, 0.15) is 0 Å². The lowest BCUT2D eigenvalue weighted by Crippen LogP contribution is -2.21. The van der Waals surface area contributed by atoms with E-state index < -0.39 is 0 Å². The number of benzene rings is 1. The average molecular weight is 261 g/mol. The molecule has 2 unspecified atom stereocenters. The van der Waals surface area contributed by atoms with Crippen molar-refractivity contribution in [1.29, 1.82) is 0 Å². The van der Waals surface area contributed by atoms with Gasteiger partial charge in [0.25, 0.3) is 0 Å². The van der Waals surface area contributed by atoms with Crippen LogP contribution in [0.3, 0.4) is 0 Å². The van der Waals surface area contributed by atoms with Gasteiger partial charge in [0.05, 0.1) is 0 Å². The SMILES string of the molecule is CC1CC1(N)c1ccc(Br)cc1Cl. The van der Waals surface area contributed by atoms with Crippen molar-refractivity contribution in [2.45, 2.75) is 18.9 Å². The van der Waals surface area contributed by atoms with Gasteiger partial charge in [-0.2, -0.15) is 0 Å². The minimum absolute atomic E-state index is 0.169. The predicted octanol–water partition coefficient (Wildman–Crippen LogP) is 3.30. The molecule has 1 aliphatic rings. The van der Waals surface area contributed by atoms with Gasteiger partial charge >= 0.3 is 0 Å². The van der Waals surface area contributed by atoms with E-state index in [1.165, 1.54) is 0 Å². The van der Waals surface area contributed by atoms with Crippen LogP contribution >= 0.6 is 27.5 Å². The Kier molecular flexibility index (Phi) is 2.17. The molecule has 1 aliphatic carbocycles. The van der Waals surface area contributed by atoms with Gasteiger partial charge in [0.2, 0.25) is 0 Å². The molecule has 0 aliphatic heterocycles. The highest BCUT2D eigenvalue weighted by molar-refractivity contribution is 9.10. The fourth-order valence-corrected chi connectivity index (χ4v) is 2.54. The van der Waals surface area contributed by atoms with Crippen molar-refractivity contribution in [3.8, 4) is 0 Å². The molecular weight excluding hydrogens is 249 g/mol. The molecule has 0 heterocycles. The Balaban J connectivity index is 2.42. The summed E-state index contributed by atoms with van der Waals surface area (Å²) >= 11 is 9.48. The quantitative estimate of drug-likeness (QED) is 0.824. The molecule has 1 aromatic carbocycles. The fraction of sp³-hybridized carbons (Fsp3) is 0.400. The van der Waals surface area contributed by atoms with E-state index in [0.29, 0.717) is 5.92 Å². The summed E-state index contributed by atoms with van der Waals surface area (Å²) in [6.07, 6.45) is 1.04. The minimum atomic E-state index is -0.169. The molecule has 1 aromatic rings. The van der Waals surface area contributed by atoms with Gasteiger partial charge in [-0.3, -0.25) is 0 Å². The first-order valence-corrected chi connectivity index (χ1v) is 5.45. The first kappa shape index (κ1) is 9.50. The van der Waals surface area contributed by atoms with Crippen LogP contribution in [0.4, 0.5) is 0 Å². The maximum absolute atomic E-state index is 6.16. The smallest absolute Gasteiger partial charge is 0.0467 e. The Morgan fingerprint density at radius 1 is 1.62 bits per heavy atom. The van der Waals surface area contributed by atoms with Crippen LogP contribution in [-0.4, -0.2) is 0 Å². The first-order valence-electron chi connectivity index (χ1n) is 4.28. The standard InChI is InChI=1S/C10H11BrClN/c1-6-5-10(6,13)8-3-2-7(11)4-9(8)12/h2-4,6H,5,13H2,1H3. The molecule has 1 nitrogen and oxygen atoms in total. The van der Waals surface area contributed by atoms with Crippen LogP contribution in [0.15, 0.2) is 22.7 Å². The van der Waals surface area contributed by atoms with E-state index >= 15 is 0 Å². The Labute approximate surface area is 91.4 Å². The van der Waals surface area contributed by atoms with Gasteiger partial charge in [-0.1, -0.05) is 40.5 Å². The molecule has 0 spiro atoms. The summed E-state index contributed by atoms with van der Waals surface area (Å²) in [5.74, 6) is 0.547. The summed E-state index contributed by atoms with van der Waals surface area (Å²) in [5.41, 5.74) is 7.07. The number of halogens is 2. The lowest BCUT2D eigenvalue weighted by molar-refractivity contribution is 0.665. The normalized spacial score (nSPS) is 31.8. The third kappa shape index (κ3) is 1.51. The summed E-state index contributed by atoms with van der Waals surface area (Å²) in [5, 5.41) is 0.765. The van der Waals surface area contributed by atoms with Gasteiger partial charge < -0.3 is 5.73 Å². The monoisotopic (exact) mass is 259 g/mol. The first-order chi connectivity index (χ1) is 6.04. The van der Waals surface area contributed by atoms with Gasteiger partial charge in [0.15, 0.2) is 0 Å². The summed E-state index contributed by atoms with van der Waals surface area (Å²) in [4.78, 5) is 0. The molecule has 0 radical (unpaired) electrons. The Morgan fingerprint density at radius 2 is 2.23 bits per heavy atom. The van der Waals surface area contributed by atoms with Gasteiger partial charge in [-0.05, 0) is 30.0 Å². The van der Waals surface area contributed by atoms with Crippen LogP contribution in [0.1, 0.15) is 18.9 Å². The van der Waals surface area contributed by atoms with Crippen LogP contribution in [0.5, 0.6) is 0 Å². The predicted molar refractivity (Wildman–Crippen MR) is 58.8 cm³/mol. The molecule has 0 saturated heterocycles. The van der Waals surface area contributed by atoms with E-state index in [4.69, 9.17) is 17.3 Å². The summed E-state index contributed by atoms with van der Waals surface area (Å²) in [6, 6.07) is 5.90. The van der Waals surface area contributed by atoms with Crippen LogP contribution in [0.25, 0.3) is 0 Å². The van der Waals surface area contributed by atoms with E-state index in [1.807, 2.05) is 18.2 Å². The van der Waals surface area contributed by atoms with Crippen LogP contribution in [0, 0.1) is 5.92 Å². The molecule has 0 amide bonds. The zero-order valence-electron chi connectivity index (χ0n) is 7.35. The summed E-state index contributed by atoms with van der Waals surface area (Å²) in [6.45, 7) is 2.15. The fourth-order valence-electron chi connectivity index (χ4n) is 1.69. The molecule has 1 saturated carbocycles. The Hall–Kier alpha value is -0.0500. The summed E-state index contributed by atoms with van der Waals surface area (Å²) in [7, 11) is 0. The molecule has 2 atom stereocenters. The maximum atomic E-state index is 6.16. The highest BCUT2D eigenvalue weighted by atomic mass is 79.9. The lowest BCUT2D eigenvalue weighted by atomic mass is 10.0. The second-order valence-corrected chi connectivity index (χ2v) is 5.09. The molecule has 0 aromatic heterocycles. The number of hydrogen-bond acceptors (Lipinski definition) is 1. The third-order valence-electron chi connectivity index (χ3n) is 2.80. The minimum Gasteiger partial charge on any atom is -0.321 e. The maximum Gasteiger partial charge on any atom is 0.0467 e. The number of hydrogen-bond donors (Lipinski definition) is 1. The molecule has 13 heavy (non-hydrogen) atoms. The van der Waals surface area contributed by atoms with Gasteiger partial charge in [-0.25, -0.2) is 0 Å². The lowest BCUT2D eigenvalue weighted by Gasteiger charge is -2.12. The molecular formula is C10H11BrClN. The van der Waals surface area contributed by atoms with Crippen molar-refractivity contribution >= 4 is 27.5 Å². The van der Waals surface area contributed by atoms with Crippen LogP contribution in [0.2, 0.25) is 5.02 Å². The second-order valence-electron chi connectivity index (χ2n) is 3.77. The average Bonchev–Trinajstić information content (AvgIpc) is 2.59. The highest BCUT2D eigenvalue weighted by Gasteiger charge is 2.49. The van der Waals surface area contributed by atoms with Crippen molar-refractivity contribution in [3.63, 3.8) is 0 Å². The molecule has 2 N–H and O–H groups in total. The van der Waals surface area contributed by atoms with Crippen molar-refractivity contribution in [2.24, 2.45) is 11.7 Å². The van der Waals surface area contributed by atoms with E-state index in [9.17, 15) is 0 Å². The van der Waals surface area contributed by atoms with E-state index in [2.05, 4.69) is 22.9 Å². The van der Waals surface area contributed by atoms with Crippen molar-refractivity contribution in [1.82, 2.24) is 0 Å². The van der Waals surface area contributed by atoms with Crippen molar-refractivity contribution < 1.29 is 0 Å². The number of rotatable bonds is 1. The summed E-state index contributed by atoms with van der Waals surface area (Å²) < 4.78 is 0.998. The molecule has 70 valence electrons. The van der Waals surface area contributed by atoms with Crippen molar-refractivity contribution in [2.75, 3.05) is 0 Å². The van der Waals surface area contributed by atoms with E-state index in [0.717, 1.165) is 21.5 Å². The number of nitrogens with two attached hydrogens (primary N) is 1. The Morgan fingerprint density at radius 3 is 2.69 bits per heavy atom. The van der Waals surface area contributed by atoms with Crippen LogP contribution < -0.4 is 5.73 Å². The van der Waals surface area contributed by atoms with Gasteiger partial charge in [0, 0.05) is 15.0 Å². The Bertz CT molecular complexity index is 353. The van der Waals surface area contributed by atoms with Crippen LogP contribution in [-0.2, 0) is 5.54 Å². The zero-order valence-corrected chi connectivity index (χ0v) is 9.69.